The number of nitrogens with zero attached hydrogens (tertiary/aromatic N) is 1. The minimum absolute atomic E-state index is 0.162. The van der Waals surface area contributed by atoms with Crippen LogP contribution < -0.4 is 14.4 Å². The molecule has 2 aromatic carbocycles. The maximum absolute atomic E-state index is 12.8. The third-order valence-electron chi connectivity index (χ3n) is 4.92. The SMILES string of the molecule is Cc1ccc2c(c1)OC(C)(C)C[C@@H]2NC(=O)c1ccc(N(C)S(C)(=O)=O)cc1. The first kappa shape index (κ1) is 20.2. The van der Waals surface area contributed by atoms with Gasteiger partial charge in [0.25, 0.3) is 5.91 Å². The monoisotopic (exact) mass is 402 g/mol. The van der Waals surface area contributed by atoms with Gasteiger partial charge in [0.2, 0.25) is 10.0 Å². The standard InChI is InChI=1S/C21H26N2O4S/c1-14-6-11-17-18(13-21(2,3)27-19(17)12-14)22-20(24)15-7-9-16(10-8-15)23(4)28(5,25)26/h6-12,18H,13H2,1-5H3,(H,22,24)/t18-/m0/s1. The van der Waals surface area contributed by atoms with Crippen LogP contribution in [0, 0.1) is 6.92 Å². The molecule has 7 heteroatoms. The van der Waals surface area contributed by atoms with Crippen LogP contribution in [0.3, 0.4) is 0 Å². The summed E-state index contributed by atoms with van der Waals surface area (Å²) in [6, 6.07) is 12.3. The summed E-state index contributed by atoms with van der Waals surface area (Å²) in [5.41, 5.74) is 2.66. The van der Waals surface area contributed by atoms with E-state index >= 15 is 0 Å². The number of carbonyl (C=O) groups is 1. The van der Waals surface area contributed by atoms with Gasteiger partial charge in [0.1, 0.15) is 11.4 Å². The highest BCUT2D eigenvalue weighted by molar-refractivity contribution is 7.92. The third-order valence-corrected chi connectivity index (χ3v) is 6.13. The van der Waals surface area contributed by atoms with Gasteiger partial charge in [-0.2, -0.15) is 0 Å². The molecule has 28 heavy (non-hydrogen) atoms. The van der Waals surface area contributed by atoms with Gasteiger partial charge in [0.15, 0.2) is 0 Å². The maximum atomic E-state index is 12.8. The largest absolute Gasteiger partial charge is 0.487 e. The quantitative estimate of drug-likeness (QED) is 0.850. The van der Waals surface area contributed by atoms with Gasteiger partial charge in [-0.25, -0.2) is 8.42 Å². The Morgan fingerprint density at radius 2 is 1.82 bits per heavy atom. The Morgan fingerprint density at radius 1 is 1.18 bits per heavy atom. The second-order valence-corrected chi connectivity index (χ2v) is 9.92. The summed E-state index contributed by atoms with van der Waals surface area (Å²) in [5, 5.41) is 3.09. The zero-order chi connectivity index (χ0) is 20.7. The van der Waals surface area contributed by atoms with Gasteiger partial charge in [0.05, 0.1) is 18.0 Å². The number of hydrogen-bond acceptors (Lipinski definition) is 4. The van der Waals surface area contributed by atoms with Crippen LogP contribution in [-0.2, 0) is 10.0 Å². The summed E-state index contributed by atoms with van der Waals surface area (Å²) in [4.78, 5) is 12.8. The summed E-state index contributed by atoms with van der Waals surface area (Å²) in [7, 11) is -1.86. The Balaban J connectivity index is 1.81. The van der Waals surface area contributed by atoms with E-state index in [0.717, 1.165) is 23.1 Å². The number of ether oxygens (including phenoxy) is 1. The number of anilines is 1. The van der Waals surface area contributed by atoms with E-state index in [1.807, 2.05) is 39.0 Å². The summed E-state index contributed by atoms with van der Waals surface area (Å²) < 4.78 is 30.6. The molecule has 0 radical (unpaired) electrons. The lowest BCUT2D eigenvalue weighted by atomic mass is 9.89. The zero-order valence-electron chi connectivity index (χ0n) is 16.8. The normalized spacial score (nSPS) is 18.0. The molecule has 0 bridgehead atoms. The van der Waals surface area contributed by atoms with Crippen LogP contribution in [0.2, 0.25) is 0 Å². The summed E-state index contributed by atoms with van der Waals surface area (Å²) in [6.07, 6.45) is 1.80. The van der Waals surface area contributed by atoms with Crippen molar-refractivity contribution in [2.24, 2.45) is 0 Å². The van der Waals surface area contributed by atoms with Gasteiger partial charge in [-0.15, -0.1) is 0 Å². The van der Waals surface area contributed by atoms with Gasteiger partial charge in [-0.05, 0) is 56.7 Å². The van der Waals surface area contributed by atoms with Gasteiger partial charge >= 0.3 is 0 Å². The first-order valence-corrected chi connectivity index (χ1v) is 11.0. The highest BCUT2D eigenvalue weighted by Gasteiger charge is 2.34. The molecule has 2 aromatic rings. The van der Waals surface area contributed by atoms with Crippen molar-refractivity contribution in [2.75, 3.05) is 17.6 Å². The number of aryl methyl sites for hydroxylation is 1. The lowest BCUT2D eigenvalue weighted by molar-refractivity contribution is 0.0619. The molecule has 0 saturated heterocycles. The molecule has 1 amide bonds. The van der Waals surface area contributed by atoms with Crippen LogP contribution in [0.25, 0.3) is 0 Å². The van der Waals surface area contributed by atoms with Crippen LogP contribution in [0.15, 0.2) is 42.5 Å². The Hall–Kier alpha value is -2.54. The number of fused-ring (bicyclic) bond motifs is 1. The van der Waals surface area contributed by atoms with Crippen LogP contribution in [0.5, 0.6) is 5.75 Å². The molecule has 1 N–H and O–H groups in total. The molecule has 1 atom stereocenters. The van der Waals surface area contributed by atoms with Crippen LogP contribution >= 0.6 is 0 Å². The van der Waals surface area contributed by atoms with E-state index in [-0.39, 0.29) is 17.6 Å². The smallest absolute Gasteiger partial charge is 0.251 e. The van der Waals surface area contributed by atoms with E-state index in [4.69, 9.17) is 4.74 Å². The minimum atomic E-state index is -3.34. The Kier molecular flexibility index (Phi) is 5.14. The lowest BCUT2D eigenvalue weighted by Crippen LogP contribution is -2.41. The first-order chi connectivity index (χ1) is 13.0. The summed E-state index contributed by atoms with van der Waals surface area (Å²) in [5.74, 6) is 0.592. The van der Waals surface area contributed by atoms with E-state index in [9.17, 15) is 13.2 Å². The number of sulfonamides is 1. The fourth-order valence-electron chi connectivity index (χ4n) is 3.34. The number of nitrogens with one attached hydrogen (secondary N) is 1. The maximum Gasteiger partial charge on any atom is 0.251 e. The molecule has 0 aliphatic carbocycles. The average molecular weight is 403 g/mol. The van der Waals surface area contributed by atoms with Crippen molar-refractivity contribution >= 4 is 21.6 Å². The summed E-state index contributed by atoms with van der Waals surface area (Å²) >= 11 is 0. The molecule has 0 saturated carbocycles. The second-order valence-electron chi connectivity index (χ2n) is 7.91. The van der Waals surface area contributed by atoms with Crippen molar-refractivity contribution in [3.8, 4) is 5.75 Å². The molecule has 6 nitrogen and oxygen atoms in total. The van der Waals surface area contributed by atoms with E-state index in [2.05, 4.69) is 5.32 Å². The molecule has 1 heterocycles. The molecule has 150 valence electrons. The van der Waals surface area contributed by atoms with Crippen molar-refractivity contribution in [2.45, 2.75) is 38.8 Å². The molecule has 0 aromatic heterocycles. The summed E-state index contributed by atoms with van der Waals surface area (Å²) in [6.45, 7) is 6.02. The lowest BCUT2D eigenvalue weighted by Gasteiger charge is -2.38. The molecule has 3 rings (SSSR count). The van der Waals surface area contributed by atoms with E-state index < -0.39 is 10.0 Å². The van der Waals surface area contributed by atoms with Gasteiger partial charge in [0, 0.05) is 24.6 Å². The predicted octanol–water partition coefficient (Wildman–Crippen LogP) is 3.42. The molecule has 1 aliphatic heterocycles. The Labute approximate surface area is 166 Å². The number of benzene rings is 2. The topological polar surface area (TPSA) is 75.7 Å². The number of amides is 1. The van der Waals surface area contributed by atoms with Gasteiger partial charge < -0.3 is 10.1 Å². The van der Waals surface area contributed by atoms with Crippen molar-refractivity contribution in [1.29, 1.82) is 0 Å². The van der Waals surface area contributed by atoms with E-state index in [1.54, 1.807) is 24.3 Å². The van der Waals surface area contributed by atoms with Crippen molar-refractivity contribution < 1.29 is 17.9 Å². The van der Waals surface area contributed by atoms with Crippen LogP contribution in [-0.4, -0.2) is 33.2 Å². The first-order valence-electron chi connectivity index (χ1n) is 9.11. The molecular formula is C21H26N2O4S. The number of rotatable bonds is 4. The average Bonchev–Trinajstić information content (AvgIpc) is 2.59. The van der Waals surface area contributed by atoms with E-state index in [1.165, 1.54) is 11.4 Å². The molecular weight excluding hydrogens is 376 g/mol. The Morgan fingerprint density at radius 3 is 2.43 bits per heavy atom. The zero-order valence-corrected chi connectivity index (χ0v) is 17.6. The van der Waals surface area contributed by atoms with Crippen LogP contribution in [0.4, 0.5) is 5.69 Å². The number of carbonyl (C=O) groups excluding carboxylic acids is 1. The van der Waals surface area contributed by atoms with Gasteiger partial charge in [-0.1, -0.05) is 12.1 Å². The van der Waals surface area contributed by atoms with E-state index in [0.29, 0.717) is 17.7 Å². The molecule has 0 spiro atoms. The predicted molar refractivity (Wildman–Crippen MR) is 110 cm³/mol. The second kappa shape index (κ2) is 7.13. The molecule has 0 fully saturated rings. The van der Waals surface area contributed by atoms with Crippen molar-refractivity contribution in [3.05, 3.63) is 59.2 Å². The third kappa shape index (κ3) is 4.30. The van der Waals surface area contributed by atoms with Crippen molar-refractivity contribution in [3.63, 3.8) is 0 Å². The molecule has 0 unspecified atom stereocenters. The highest BCUT2D eigenvalue weighted by Crippen LogP contribution is 2.40. The number of hydrogen-bond donors (Lipinski definition) is 1. The highest BCUT2D eigenvalue weighted by atomic mass is 32.2. The van der Waals surface area contributed by atoms with Crippen LogP contribution in [0.1, 0.15) is 47.8 Å². The Bertz CT molecular complexity index is 998. The van der Waals surface area contributed by atoms with Gasteiger partial charge in [-0.3, -0.25) is 9.10 Å². The fourth-order valence-corrected chi connectivity index (χ4v) is 3.85. The fraction of sp³-hybridized carbons (Fsp3) is 0.381. The minimum Gasteiger partial charge on any atom is -0.487 e. The molecule has 1 aliphatic rings. The van der Waals surface area contributed by atoms with Crippen molar-refractivity contribution in [1.82, 2.24) is 5.32 Å².